The topological polar surface area (TPSA) is 95.6 Å². The van der Waals surface area contributed by atoms with E-state index in [4.69, 9.17) is 6.42 Å². The number of carbonyl (C=O) groups excluding carboxylic acids is 4. The number of hydrogen-bond donors (Lipinski definition) is 2. The lowest BCUT2D eigenvalue weighted by molar-refractivity contribution is -0.134. The first-order chi connectivity index (χ1) is 14.5. The molecule has 30 heavy (non-hydrogen) atoms. The number of nitrogens with one attached hydrogen (secondary N) is 2. The molecule has 1 aromatic rings. The standard InChI is InChI=1S/C23H25N3O4/c1-2-3-7-17(26-12-5-4-6-13-26)19-14(15-10-11-18(27)24-21(15)28)8-9-16-20(19)23(30)25-22(16)29/h1,8-9,15,17H,3-7,10-13H2,(H,24,27,28)(H,25,29,30). The maximum absolute atomic E-state index is 12.8. The van der Waals surface area contributed by atoms with E-state index in [0.29, 0.717) is 30.4 Å². The summed E-state index contributed by atoms with van der Waals surface area (Å²) >= 11 is 0. The highest BCUT2D eigenvalue weighted by atomic mass is 16.2. The second-order valence-corrected chi connectivity index (χ2v) is 8.13. The fraction of sp³-hybridized carbons (Fsp3) is 0.478. The summed E-state index contributed by atoms with van der Waals surface area (Å²) in [6.45, 7) is 1.76. The zero-order valence-electron chi connectivity index (χ0n) is 16.8. The Bertz CT molecular complexity index is 956. The van der Waals surface area contributed by atoms with Gasteiger partial charge in [-0.05, 0) is 56.0 Å². The quantitative estimate of drug-likeness (QED) is 0.575. The summed E-state index contributed by atoms with van der Waals surface area (Å²) < 4.78 is 0. The van der Waals surface area contributed by atoms with Gasteiger partial charge in [0.05, 0.1) is 17.0 Å². The molecule has 3 aliphatic heterocycles. The third kappa shape index (κ3) is 3.63. The molecule has 2 fully saturated rings. The monoisotopic (exact) mass is 407 g/mol. The van der Waals surface area contributed by atoms with Gasteiger partial charge < -0.3 is 0 Å². The number of carbonyl (C=O) groups is 4. The summed E-state index contributed by atoms with van der Waals surface area (Å²) in [6.07, 6.45) is 10.6. The van der Waals surface area contributed by atoms with Crippen LogP contribution < -0.4 is 10.6 Å². The van der Waals surface area contributed by atoms with Gasteiger partial charge in [-0.1, -0.05) is 12.5 Å². The van der Waals surface area contributed by atoms with Gasteiger partial charge in [0, 0.05) is 18.9 Å². The van der Waals surface area contributed by atoms with Crippen molar-refractivity contribution in [2.45, 2.75) is 56.9 Å². The summed E-state index contributed by atoms with van der Waals surface area (Å²) in [4.78, 5) is 51.8. The van der Waals surface area contributed by atoms with Gasteiger partial charge in [0.2, 0.25) is 11.8 Å². The molecule has 2 N–H and O–H groups in total. The average molecular weight is 407 g/mol. The molecule has 2 saturated heterocycles. The van der Waals surface area contributed by atoms with Crippen molar-refractivity contribution in [1.82, 2.24) is 15.5 Å². The van der Waals surface area contributed by atoms with Crippen LogP contribution in [0.2, 0.25) is 0 Å². The zero-order valence-corrected chi connectivity index (χ0v) is 16.8. The second-order valence-electron chi connectivity index (χ2n) is 8.13. The summed E-state index contributed by atoms with van der Waals surface area (Å²) in [5.41, 5.74) is 2.14. The molecule has 4 rings (SSSR count). The number of likely N-dealkylation sites (tertiary alicyclic amines) is 1. The number of nitrogens with zero attached hydrogens (tertiary/aromatic N) is 1. The lowest BCUT2D eigenvalue weighted by Gasteiger charge is -2.37. The van der Waals surface area contributed by atoms with Crippen molar-refractivity contribution in [3.63, 3.8) is 0 Å². The number of rotatable bonds is 5. The molecule has 7 nitrogen and oxygen atoms in total. The highest BCUT2D eigenvalue weighted by Crippen LogP contribution is 2.40. The van der Waals surface area contributed by atoms with E-state index in [1.54, 1.807) is 12.1 Å². The van der Waals surface area contributed by atoms with Gasteiger partial charge in [0.1, 0.15) is 0 Å². The van der Waals surface area contributed by atoms with Gasteiger partial charge >= 0.3 is 0 Å². The molecular formula is C23H25N3O4. The van der Waals surface area contributed by atoms with Gasteiger partial charge in [-0.3, -0.25) is 34.7 Å². The Morgan fingerprint density at radius 3 is 2.53 bits per heavy atom. The molecule has 1 aromatic carbocycles. The number of piperidine rings is 2. The number of benzene rings is 1. The number of amides is 4. The van der Waals surface area contributed by atoms with E-state index in [2.05, 4.69) is 21.5 Å². The molecule has 3 aliphatic rings. The first-order valence-electron chi connectivity index (χ1n) is 10.5. The molecule has 156 valence electrons. The van der Waals surface area contributed by atoms with Crippen LogP contribution in [0.3, 0.4) is 0 Å². The second kappa shape index (κ2) is 8.41. The van der Waals surface area contributed by atoms with Gasteiger partial charge in [-0.2, -0.15) is 0 Å². The van der Waals surface area contributed by atoms with E-state index in [0.717, 1.165) is 43.5 Å². The minimum atomic E-state index is -0.537. The van der Waals surface area contributed by atoms with Crippen molar-refractivity contribution in [3.05, 3.63) is 34.4 Å². The van der Waals surface area contributed by atoms with Crippen LogP contribution in [-0.4, -0.2) is 41.6 Å². The Morgan fingerprint density at radius 1 is 1.07 bits per heavy atom. The molecule has 4 amide bonds. The van der Waals surface area contributed by atoms with Crippen LogP contribution in [0.15, 0.2) is 12.1 Å². The summed E-state index contributed by atoms with van der Waals surface area (Å²) in [5.74, 6) is 0.667. The smallest absolute Gasteiger partial charge is 0.259 e. The Hall–Kier alpha value is -2.98. The Labute approximate surface area is 175 Å². The van der Waals surface area contributed by atoms with Crippen molar-refractivity contribution in [1.29, 1.82) is 0 Å². The van der Waals surface area contributed by atoms with Crippen LogP contribution in [0.25, 0.3) is 0 Å². The number of hydrogen-bond acceptors (Lipinski definition) is 5. The van der Waals surface area contributed by atoms with Gasteiger partial charge in [0.25, 0.3) is 11.8 Å². The third-order valence-electron chi connectivity index (χ3n) is 6.32. The predicted molar refractivity (Wildman–Crippen MR) is 110 cm³/mol. The van der Waals surface area contributed by atoms with Crippen LogP contribution in [0.4, 0.5) is 0 Å². The molecule has 2 unspecified atom stereocenters. The van der Waals surface area contributed by atoms with Crippen molar-refractivity contribution in [3.8, 4) is 12.3 Å². The summed E-state index contributed by atoms with van der Waals surface area (Å²) in [7, 11) is 0. The number of terminal acetylenes is 1. The van der Waals surface area contributed by atoms with E-state index in [-0.39, 0.29) is 24.3 Å². The van der Waals surface area contributed by atoms with E-state index in [9.17, 15) is 19.2 Å². The van der Waals surface area contributed by atoms with Crippen LogP contribution in [0.1, 0.15) is 88.7 Å². The summed E-state index contributed by atoms with van der Waals surface area (Å²) in [6, 6.07) is 3.24. The normalized spacial score (nSPS) is 22.8. The van der Waals surface area contributed by atoms with Crippen molar-refractivity contribution < 1.29 is 19.2 Å². The van der Waals surface area contributed by atoms with E-state index >= 15 is 0 Å². The van der Waals surface area contributed by atoms with Crippen molar-refractivity contribution in [2.24, 2.45) is 0 Å². The molecule has 0 aliphatic carbocycles. The minimum absolute atomic E-state index is 0.159. The Balaban J connectivity index is 1.87. The van der Waals surface area contributed by atoms with Crippen LogP contribution >= 0.6 is 0 Å². The first-order valence-corrected chi connectivity index (χ1v) is 10.5. The van der Waals surface area contributed by atoms with Crippen LogP contribution in [-0.2, 0) is 9.59 Å². The lowest BCUT2D eigenvalue weighted by atomic mass is 9.80. The number of imide groups is 2. The van der Waals surface area contributed by atoms with E-state index in [1.807, 2.05) is 0 Å². The van der Waals surface area contributed by atoms with Crippen LogP contribution in [0, 0.1) is 12.3 Å². The van der Waals surface area contributed by atoms with Gasteiger partial charge in [0.15, 0.2) is 0 Å². The SMILES string of the molecule is C#CCCC(c1c(C2CCC(=O)NC2=O)ccc2c1C(=O)NC2=O)N1CCCCC1. The first kappa shape index (κ1) is 20.3. The van der Waals surface area contributed by atoms with Gasteiger partial charge in [-0.15, -0.1) is 12.3 Å². The maximum Gasteiger partial charge on any atom is 0.259 e. The lowest BCUT2D eigenvalue weighted by Crippen LogP contribution is -2.41. The predicted octanol–water partition coefficient (Wildman–Crippen LogP) is 2.03. The van der Waals surface area contributed by atoms with Crippen molar-refractivity contribution >= 4 is 23.6 Å². The number of fused-ring (bicyclic) bond motifs is 1. The molecule has 0 saturated carbocycles. The molecule has 0 bridgehead atoms. The highest BCUT2D eigenvalue weighted by Gasteiger charge is 2.39. The molecule has 0 aromatic heterocycles. The summed E-state index contributed by atoms with van der Waals surface area (Å²) in [5, 5.41) is 4.81. The van der Waals surface area contributed by atoms with E-state index < -0.39 is 17.7 Å². The average Bonchev–Trinajstić information content (AvgIpc) is 3.03. The Kier molecular flexibility index (Phi) is 5.69. The molecular weight excluding hydrogens is 382 g/mol. The molecule has 7 heteroatoms. The third-order valence-corrected chi connectivity index (χ3v) is 6.32. The van der Waals surface area contributed by atoms with Gasteiger partial charge in [-0.25, -0.2) is 0 Å². The molecule has 3 heterocycles. The Morgan fingerprint density at radius 2 is 1.83 bits per heavy atom. The molecule has 0 spiro atoms. The fourth-order valence-electron chi connectivity index (χ4n) is 4.92. The fourth-order valence-corrected chi connectivity index (χ4v) is 4.92. The molecule has 0 radical (unpaired) electrons. The highest BCUT2D eigenvalue weighted by molar-refractivity contribution is 6.22. The maximum atomic E-state index is 12.8. The minimum Gasteiger partial charge on any atom is -0.296 e. The van der Waals surface area contributed by atoms with Crippen LogP contribution in [0.5, 0.6) is 0 Å². The van der Waals surface area contributed by atoms with Crippen molar-refractivity contribution in [2.75, 3.05) is 13.1 Å². The molecule has 2 atom stereocenters. The largest absolute Gasteiger partial charge is 0.296 e. The zero-order chi connectivity index (χ0) is 21.3. The van der Waals surface area contributed by atoms with E-state index in [1.165, 1.54) is 0 Å².